The van der Waals surface area contributed by atoms with Gasteiger partial charge in [-0.25, -0.2) is 0 Å². The zero-order valence-corrected chi connectivity index (χ0v) is 24.7. The van der Waals surface area contributed by atoms with E-state index in [1.54, 1.807) is 12.1 Å². The molecule has 0 radical (unpaired) electrons. The fourth-order valence-electron chi connectivity index (χ4n) is 5.27. The molecule has 7 nitrogen and oxygen atoms in total. The number of phenols is 1. The van der Waals surface area contributed by atoms with Crippen LogP contribution in [0.1, 0.15) is 77.5 Å². The number of phenolic OH excluding ortho intramolecular Hbond substituents is 1. The van der Waals surface area contributed by atoms with Crippen LogP contribution in [0.25, 0.3) is 11.3 Å². The van der Waals surface area contributed by atoms with Gasteiger partial charge in [0.2, 0.25) is 0 Å². The zero-order valence-electron chi connectivity index (χ0n) is 24.0. The predicted octanol–water partition coefficient (Wildman–Crippen LogP) is 7.77. The number of fused-ring (bicyclic) bond motifs is 1. The van der Waals surface area contributed by atoms with Crippen LogP contribution in [0.3, 0.4) is 0 Å². The summed E-state index contributed by atoms with van der Waals surface area (Å²) in [6.45, 7) is 9.45. The fourth-order valence-corrected chi connectivity index (χ4v) is 5.44. The standard InChI is InChI=1S/C33H36ClN3O4/c1-5-7-8-15-41-27-14-13-23(17-28(27)40-6-2)32-29-30(24-18-25(34)21(4)16-26(24)38)35-36-31(29)33(39)37(32)19-22-11-9-20(3)10-12-22/h9-14,16-18,32,38H,5-8,15,19H2,1-4H3,(H,35,36). The van der Waals surface area contributed by atoms with Gasteiger partial charge in [-0.15, -0.1) is 0 Å². The third-order valence-corrected chi connectivity index (χ3v) is 7.87. The molecular weight excluding hydrogens is 538 g/mol. The van der Waals surface area contributed by atoms with Crippen LogP contribution >= 0.6 is 11.6 Å². The molecule has 8 heteroatoms. The summed E-state index contributed by atoms with van der Waals surface area (Å²) in [5, 5.41) is 18.9. The first kappa shape index (κ1) is 28.6. The molecule has 1 aliphatic rings. The Hall–Kier alpha value is -3.97. The summed E-state index contributed by atoms with van der Waals surface area (Å²) >= 11 is 6.46. The van der Waals surface area contributed by atoms with Gasteiger partial charge in [0, 0.05) is 22.7 Å². The number of rotatable bonds is 11. The summed E-state index contributed by atoms with van der Waals surface area (Å²) in [5.74, 6) is 1.19. The van der Waals surface area contributed by atoms with Crippen molar-refractivity contribution in [2.24, 2.45) is 0 Å². The summed E-state index contributed by atoms with van der Waals surface area (Å²) in [4.78, 5) is 15.7. The van der Waals surface area contributed by atoms with Gasteiger partial charge in [-0.05, 0) is 68.1 Å². The van der Waals surface area contributed by atoms with E-state index in [-0.39, 0.29) is 11.7 Å². The minimum atomic E-state index is -0.486. The maximum absolute atomic E-state index is 13.9. The third-order valence-electron chi connectivity index (χ3n) is 7.46. The number of hydrogen-bond donors (Lipinski definition) is 2. The molecule has 41 heavy (non-hydrogen) atoms. The highest BCUT2D eigenvalue weighted by Gasteiger charge is 2.43. The molecule has 2 N–H and O–H groups in total. The summed E-state index contributed by atoms with van der Waals surface area (Å²) in [6.07, 6.45) is 3.18. The van der Waals surface area contributed by atoms with E-state index in [4.69, 9.17) is 21.1 Å². The smallest absolute Gasteiger partial charge is 0.273 e. The molecule has 1 atom stereocenters. The number of amides is 1. The van der Waals surface area contributed by atoms with E-state index in [1.165, 1.54) is 0 Å². The number of halogens is 1. The Labute approximate surface area is 246 Å². The van der Waals surface area contributed by atoms with Crippen molar-refractivity contribution < 1.29 is 19.4 Å². The second-order valence-electron chi connectivity index (χ2n) is 10.5. The normalized spacial score (nSPS) is 14.4. The highest BCUT2D eigenvalue weighted by molar-refractivity contribution is 6.31. The van der Waals surface area contributed by atoms with Crippen LogP contribution in [-0.2, 0) is 6.54 Å². The lowest BCUT2D eigenvalue weighted by Crippen LogP contribution is -2.29. The fraction of sp³-hybridized carbons (Fsp3) is 0.333. The van der Waals surface area contributed by atoms with Crippen LogP contribution < -0.4 is 9.47 Å². The summed E-state index contributed by atoms with van der Waals surface area (Å²) < 4.78 is 12.1. The second-order valence-corrected chi connectivity index (χ2v) is 10.9. The van der Waals surface area contributed by atoms with Gasteiger partial charge < -0.3 is 19.5 Å². The number of H-pyrrole nitrogens is 1. The van der Waals surface area contributed by atoms with Gasteiger partial charge in [0.25, 0.3) is 5.91 Å². The van der Waals surface area contributed by atoms with E-state index in [9.17, 15) is 9.90 Å². The molecule has 214 valence electrons. The Morgan fingerprint density at radius 1 is 1.00 bits per heavy atom. The predicted molar refractivity (Wildman–Crippen MR) is 161 cm³/mol. The number of benzene rings is 3. The lowest BCUT2D eigenvalue weighted by molar-refractivity contribution is 0.0729. The van der Waals surface area contributed by atoms with Gasteiger partial charge in [0.15, 0.2) is 11.5 Å². The van der Waals surface area contributed by atoms with E-state index in [0.29, 0.717) is 58.8 Å². The molecule has 3 aromatic carbocycles. The maximum atomic E-state index is 13.9. The number of carbonyl (C=O) groups excluding carboxylic acids is 1. The molecule has 1 aliphatic heterocycles. The Kier molecular flexibility index (Phi) is 8.54. The highest BCUT2D eigenvalue weighted by Crippen LogP contribution is 2.47. The van der Waals surface area contributed by atoms with Gasteiger partial charge in [0.1, 0.15) is 17.1 Å². The quantitative estimate of drug-likeness (QED) is 0.179. The van der Waals surface area contributed by atoms with Crippen molar-refractivity contribution in [2.45, 2.75) is 59.5 Å². The Balaban J connectivity index is 1.61. The molecule has 1 aromatic heterocycles. The van der Waals surface area contributed by atoms with E-state index >= 15 is 0 Å². The molecular formula is C33H36ClN3O4. The summed E-state index contributed by atoms with van der Waals surface area (Å²) in [6, 6.07) is 16.8. The minimum Gasteiger partial charge on any atom is -0.507 e. The number of ether oxygens (including phenoxy) is 2. The molecule has 2 heterocycles. The molecule has 5 rings (SSSR count). The largest absolute Gasteiger partial charge is 0.507 e. The molecule has 0 fully saturated rings. The van der Waals surface area contributed by atoms with Crippen LogP contribution in [0.15, 0.2) is 54.6 Å². The Morgan fingerprint density at radius 3 is 2.51 bits per heavy atom. The van der Waals surface area contributed by atoms with Crippen LogP contribution in [0, 0.1) is 13.8 Å². The first-order chi connectivity index (χ1) is 19.8. The Bertz CT molecular complexity index is 1550. The lowest BCUT2D eigenvalue weighted by atomic mass is 9.94. The van der Waals surface area contributed by atoms with Crippen molar-refractivity contribution in [2.75, 3.05) is 13.2 Å². The van der Waals surface area contributed by atoms with Crippen molar-refractivity contribution in [1.82, 2.24) is 15.1 Å². The monoisotopic (exact) mass is 573 g/mol. The topological polar surface area (TPSA) is 87.7 Å². The summed E-state index contributed by atoms with van der Waals surface area (Å²) in [5.41, 5.74) is 5.81. The average Bonchev–Trinajstić information content (AvgIpc) is 3.49. The van der Waals surface area contributed by atoms with Gasteiger partial charge in [-0.3, -0.25) is 9.89 Å². The van der Waals surface area contributed by atoms with Crippen LogP contribution in [0.4, 0.5) is 0 Å². The van der Waals surface area contributed by atoms with Crippen molar-refractivity contribution in [3.05, 3.63) is 93.1 Å². The number of unbranched alkanes of at least 4 members (excludes halogenated alkanes) is 2. The van der Waals surface area contributed by atoms with Crippen LogP contribution in [-0.4, -0.2) is 39.3 Å². The number of nitrogens with one attached hydrogen (secondary N) is 1. The molecule has 0 aliphatic carbocycles. The Morgan fingerprint density at radius 2 is 1.78 bits per heavy atom. The minimum absolute atomic E-state index is 0.0511. The first-order valence-electron chi connectivity index (χ1n) is 14.2. The number of aromatic nitrogens is 2. The molecule has 1 amide bonds. The lowest BCUT2D eigenvalue weighted by Gasteiger charge is -2.27. The van der Waals surface area contributed by atoms with Gasteiger partial charge >= 0.3 is 0 Å². The molecule has 1 unspecified atom stereocenters. The highest BCUT2D eigenvalue weighted by atomic mass is 35.5. The number of aromatic amines is 1. The van der Waals surface area contributed by atoms with E-state index in [0.717, 1.165) is 41.5 Å². The maximum Gasteiger partial charge on any atom is 0.273 e. The average molecular weight is 574 g/mol. The number of nitrogens with zero attached hydrogens (tertiary/aromatic N) is 2. The van der Waals surface area contributed by atoms with Crippen molar-refractivity contribution >= 4 is 17.5 Å². The van der Waals surface area contributed by atoms with Crippen molar-refractivity contribution in [1.29, 1.82) is 0 Å². The number of aromatic hydroxyl groups is 1. The van der Waals surface area contributed by atoms with E-state index in [2.05, 4.69) is 17.1 Å². The number of carbonyl (C=O) groups is 1. The van der Waals surface area contributed by atoms with Gasteiger partial charge in [-0.1, -0.05) is 67.3 Å². The third kappa shape index (κ3) is 5.77. The van der Waals surface area contributed by atoms with E-state index in [1.807, 2.05) is 68.1 Å². The molecule has 0 spiro atoms. The van der Waals surface area contributed by atoms with E-state index < -0.39 is 6.04 Å². The number of aryl methyl sites for hydroxylation is 2. The number of hydrogen-bond acceptors (Lipinski definition) is 5. The molecule has 0 saturated heterocycles. The van der Waals surface area contributed by atoms with Crippen LogP contribution in [0.2, 0.25) is 5.02 Å². The molecule has 0 saturated carbocycles. The first-order valence-corrected chi connectivity index (χ1v) is 14.5. The molecule has 0 bridgehead atoms. The van der Waals surface area contributed by atoms with Crippen LogP contribution in [0.5, 0.6) is 17.2 Å². The van der Waals surface area contributed by atoms with Crippen molar-refractivity contribution in [3.63, 3.8) is 0 Å². The second kappa shape index (κ2) is 12.3. The van der Waals surface area contributed by atoms with Gasteiger partial charge in [0.05, 0.1) is 19.3 Å². The SMILES string of the molecule is CCCCCOc1ccc(C2c3c(-c4cc(Cl)c(C)cc4O)n[nH]c3C(=O)N2Cc2ccc(C)cc2)cc1OCC. The summed E-state index contributed by atoms with van der Waals surface area (Å²) in [7, 11) is 0. The molecule has 4 aromatic rings. The zero-order chi connectivity index (χ0) is 29.1. The van der Waals surface area contributed by atoms with Gasteiger partial charge in [-0.2, -0.15) is 5.10 Å². The van der Waals surface area contributed by atoms with Crippen molar-refractivity contribution in [3.8, 4) is 28.5 Å².